The first-order valence-corrected chi connectivity index (χ1v) is 8.33. The third-order valence-corrected chi connectivity index (χ3v) is 4.92. The maximum Gasteiger partial charge on any atom is 0.271 e. The molecule has 2 aliphatic carbocycles. The number of halogens is 1. The highest BCUT2D eigenvalue weighted by atomic mass is 35.5. The molecular formula is C16H20ClN3O3. The van der Waals surface area contributed by atoms with E-state index in [-0.39, 0.29) is 16.6 Å². The van der Waals surface area contributed by atoms with Gasteiger partial charge in [0.15, 0.2) is 0 Å². The number of nitrogens with zero attached hydrogens (tertiary/aromatic N) is 2. The molecule has 1 unspecified atom stereocenters. The maximum absolute atomic E-state index is 12.3. The molecule has 1 aromatic carbocycles. The van der Waals surface area contributed by atoms with Crippen molar-refractivity contribution in [2.24, 2.45) is 5.92 Å². The molecule has 124 valence electrons. The van der Waals surface area contributed by atoms with Crippen molar-refractivity contribution in [3.8, 4) is 0 Å². The quantitative estimate of drug-likeness (QED) is 0.610. The summed E-state index contributed by atoms with van der Waals surface area (Å²) in [6.07, 6.45) is 4.81. The smallest absolute Gasteiger partial charge is 0.271 e. The van der Waals surface area contributed by atoms with Crippen LogP contribution in [0.1, 0.15) is 32.6 Å². The Morgan fingerprint density at radius 3 is 2.65 bits per heavy atom. The minimum atomic E-state index is -0.510. The lowest BCUT2D eigenvalue weighted by Crippen LogP contribution is -2.42. The summed E-state index contributed by atoms with van der Waals surface area (Å²) in [7, 11) is 0. The van der Waals surface area contributed by atoms with E-state index in [1.54, 1.807) is 0 Å². The van der Waals surface area contributed by atoms with Crippen molar-refractivity contribution in [1.82, 2.24) is 4.90 Å². The van der Waals surface area contributed by atoms with E-state index in [1.807, 2.05) is 0 Å². The van der Waals surface area contributed by atoms with Gasteiger partial charge in [0.05, 0.1) is 22.2 Å². The molecule has 2 fully saturated rings. The summed E-state index contributed by atoms with van der Waals surface area (Å²) in [5.74, 6) is 0.589. The van der Waals surface area contributed by atoms with Crippen LogP contribution in [-0.4, -0.2) is 34.4 Å². The topological polar surface area (TPSA) is 75.5 Å². The molecule has 2 aliphatic rings. The van der Waals surface area contributed by atoms with E-state index in [0.29, 0.717) is 30.2 Å². The Labute approximate surface area is 139 Å². The molecule has 1 amide bonds. The van der Waals surface area contributed by atoms with Crippen LogP contribution in [0.5, 0.6) is 0 Å². The van der Waals surface area contributed by atoms with Crippen LogP contribution in [0.4, 0.5) is 11.4 Å². The number of carbonyl (C=O) groups excluding carboxylic acids is 1. The van der Waals surface area contributed by atoms with Crippen LogP contribution >= 0.6 is 11.6 Å². The molecule has 0 spiro atoms. The van der Waals surface area contributed by atoms with Crippen LogP contribution in [0.25, 0.3) is 0 Å². The Morgan fingerprint density at radius 2 is 2.13 bits per heavy atom. The summed E-state index contributed by atoms with van der Waals surface area (Å²) >= 11 is 6.02. The molecule has 0 bridgehead atoms. The molecule has 1 atom stereocenters. The van der Waals surface area contributed by atoms with Gasteiger partial charge in [0.2, 0.25) is 5.91 Å². The predicted molar refractivity (Wildman–Crippen MR) is 88.7 cm³/mol. The molecule has 0 heterocycles. The first-order valence-electron chi connectivity index (χ1n) is 7.95. The fourth-order valence-corrected chi connectivity index (χ4v) is 3.16. The fourth-order valence-electron chi connectivity index (χ4n) is 2.94. The second-order valence-electron chi connectivity index (χ2n) is 6.45. The van der Waals surface area contributed by atoms with E-state index in [2.05, 4.69) is 17.1 Å². The third kappa shape index (κ3) is 4.00. The van der Waals surface area contributed by atoms with Crippen molar-refractivity contribution < 1.29 is 9.72 Å². The maximum atomic E-state index is 12.3. The van der Waals surface area contributed by atoms with E-state index in [9.17, 15) is 14.9 Å². The zero-order valence-corrected chi connectivity index (χ0v) is 13.8. The van der Waals surface area contributed by atoms with Gasteiger partial charge in [-0.1, -0.05) is 11.6 Å². The summed E-state index contributed by atoms with van der Waals surface area (Å²) < 4.78 is 0. The van der Waals surface area contributed by atoms with Crippen LogP contribution in [0, 0.1) is 16.0 Å². The Kier molecular flexibility index (Phi) is 4.55. The molecule has 0 saturated heterocycles. The van der Waals surface area contributed by atoms with Crippen molar-refractivity contribution in [1.29, 1.82) is 0 Å². The average Bonchev–Trinajstić information content (AvgIpc) is 3.38. The number of hydrogen-bond acceptors (Lipinski definition) is 4. The van der Waals surface area contributed by atoms with E-state index < -0.39 is 4.92 Å². The number of anilines is 1. The molecule has 0 aliphatic heterocycles. The van der Waals surface area contributed by atoms with Crippen LogP contribution in [-0.2, 0) is 4.79 Å². The Balaban J connectivity index is 1.63. The van der Waals surface area contributed by atoms with Gasteiger partial charge >= 0.3 is 0 Å². The number of benzene rings is 1. The number of nitro benzene ring substituents is 1. The van der Waals surface area contributed by atoms with Crippen LogP contribution in [0.2, 0.25) is 5.02 Å². The highest BCUT2D eigenvalue weighted by Gasteiger charge is 2.39. The summed E-state index contributed by atoms with van der Waals surface area (Å²) in [5.41, 5.74) is 0.326. The van der Waals surface area contributed by atoms with Crippen LogP contribution in [0.3, 0.4) is 0 Å². The van der Waals surface area contributed by atoms with Crippen LogP contribution in [0.15, 0.2) is 18.2 Å². The summed E-state index contributed by atoms with van der Waals surface area (Å²) in [4.78, 5) is 24.8. The summed E-state index contributed by atoms with van der Waals surface area (Å²) in [6, 6.07) is 5.02. The average molecular weight is 338 g/mol. The van der Waals surface area contributed by atoms with Crippen molar-refractivity contribution in [2.45, 2.75) is 44.7 Å². The molecule has 2 saturated carbocycles. The molecule has 7 heteroatoms. The number of amides is 1. The van der Waals surface area contributed by atoms with Gasteiger partial charge in [0, 0.05) is 24.2 Å². The number of carbonyl (C=O) groups is 1. The predicted octanol–water partition coefficient (Wildman–Crippen LogP) is 3.45. The summed E-state index contributed by atoms with van der Waals surface area (Å²) in [5, 5.41) is 13.7. The van der Waals surface area contributed by atoms with Gasteiger partial charge in [-0.25, -0.2) is 0 Å². The van der Waals surface area contributed by atoms with Gasteiger partial charge in [-0.05, 0) is 44.6 Å². The van der Waals surface area contributed by atoms with Crippen molar-refractivity contribution >= 4 is 28.9 Å². The number of nitro groups is 1. The highest BCUT2D eigenvalue weighted by Crippen LogP contribution is 2.39. The van der Waals surface area contributed by atoms with Crippen molar-refractivity contribution in [3.05, 3.63) is 33.3 Å². The highest BCUT2D eigenvalue weighted by molar-refractivity contribution is 6.34. The lowest BCUT2D eigenvalue weighted by Gasteiger charge is -2.28. The Hall–Kier alpha value is -1.66. The lowest BCUT2D eigenvalue weighted by molar-refractivity contribution is -0.384. The zero-order valence-electron chi connectivity index (χ0n) is 13.0. The first kappa shape index (κ1) is 16.2. The normalized spacial score (nSPS) is 18.7. The van der Waals surface area contributed by atoms with Gasteiger partial charge in [-0.2, -0.15) is 0 Å². The summed E-state index contributed by atoms with van der Waals surface area (Å²) in [6.45, 7) is 2.54. The second kappa shape index (κ2) is 6.45. The molecule has 0 aromatic heterocycles. The van der Waals surface area contributed by atoms with Gasteiger partial charge in [0.1, 0.15) is 0 Å². The van der Waals surface area contributed by atoms with Gasteiger partial charge < -0.3 is 5.32 Å². The van der Waals surface area contributed by atoms with Crippen molar-refractivity contribution in [3.63, 3.8) is 0 Å². The van der Waals surface area contributed by atoms with E-state index >= 15 is 0 Å². The first-order chi connectivity index (χ1) is 11.0. The molecule has 0 radical (unpaired) electrons. The molecular weight excluding hydrogens is 318 g/mol. The minimum Gasteiger partial charge on any atom is -0.324 e. The molecule has 1 aromatic rings. The zero-order chi connectivity index (χ0) is 16.6. The second-order valence-corrected chi connectivity index (χ2v) is 6.86. The van der Waals surface area contributed by atoms with Crippen LogP contribution < -0.4 is 5.32 Å². The number of non-ortho nitro benzene ring substituents is 1. The van der Waals surface area contributed by atoms with Gasteiger partial charge in [-0.3, -0.25) is 19.8 Å². The van der Waals surface area contributed by atoms with E-state index in [1.165, 1.54) is 31.0 Å². The number of nitrogens with one attached hydrogen (secondary N) is 1. The van der Waals surface area contributed by atoms with Gasteiger partial charge in [0.25, 0.3) is 5.69 Å². The minimum absolute atomic E-state index is 0.0880. The lowest BCUT2D eigenvalue weighted by atomic mass is 10.1. The Bertz CT molecular complexity index is 629. The number of rotatable bonds is 7. The van der Waals surface area contributed by atoms with Crippen molar-refractivity contribution in [2.75, 3.05) is 11.9 Å². The van der Waals surface area contributed by atoms with Gasteiger partial charge in [-0.15, -0.1) is 0 Å². The standard InChI is InChI=1S/C16H20ClN3O3/c1-10(11-2-3-11)19(12-4-5-12)9-16(21)18-15-7-6-13(20(22)23)8-14(15)17/h6-8,10-12H,2-5,9H2,1H3,(H,18,21). The fraction of sp³-hybridized carbons (Fsp3) is 0.562. The SMILES string of the molecule is CC(C1CC1)N(CC(=O)Nc1ccc([N+](=O)[O-])cc1Cl)C1CC1. The molecule has 23 heavy (non-hydrogen) atoms. The molecule has 3 rings (SSSR count). The number of hydrogen-bond donors (Lipinski definition) is 1. The monoisotopic (exact) mass is 337 g/mol. The molecule has 1 N–H and O–H groups in total. The Morgan fingerprint density at radius 1 is 1.43 bits per heavy atom. The third-order valence-electron chi connectivity index (χ3n) is 4.61. The van der Waals surface area contributed by atoms with E-state index in [4.69, 9.17) is 11.6 Å². The largest absolute Gasteiger partial charge is 0.324 e. The molecule has 6 nitrogen and oxygen atoms in total. The van der Waals surface area contributed by atoms with E-state index in [0.717, 1.165) is 12.8 Å².